The normalized spacial score (nSPS) is 12.7. The van der Waals surface area contributed by atoms with Crippen molar-refractivity contribution in [1.82, 2.24) is 4.98 Å². The Hall–Kier alpha value is -1.80. The maximum absolute atomic E-state index is 11.6. The Morgan fingerprint density at radius 2 is 2.15 bits per heavy atom. The molecule has 0 radical (unpaired) electrons. The Morgan fingerprint density at radius 3 is 2.90 bits per heavy atom. The molecule has 1 aromatic carbocycles. The van der Waals surface area contributed by atoms with E-state index in [2.05, 4.69) is 10.3 Å². The lowest BCUT2D eigenvalue weighted by atomic mass is 10.3. The Morgan fingerprint density at radius 1 is 1.40 bits per heavy atom. The van der Waals surface area contributed by atoms with Gasteiger partial charge in [-0.25, -0.2) is 4.98 Å². The number of thioether (sulfide) groups is 1. The Bertz CT molecular complexity index is 657. The van der Waals surface area contributed by atoms with Crippen LogP contribution in [-0.2, 0) is 9.59 Å². The number of hydrogen-bond donors (Lipinski definition) is 1. The number of nitrogens with zero attached hydrogens (tertiary/aromatic N) is 1. The van der Waals surface area contributed by atoms with Gasteiger partial charge in [0.25, 0.3) is 0 Å². The number of thiazole rings is 1. The van der Waals surface area contributed by atoms with Crippen molar-refractivity contribution in [1.29, 1.82) is 0 Å². The summed E-state index contributed by atoms with van der Waals surface area (Å²) in [5.41, 5.74) is 0.744. The maximum atomic E-state index is 11.6. The number of anilines is 1. The van der Waals surface area contributed by atoms with Gasteiger partial charge in [0.2, 0.25) is 12.7 Å². The van der Waals surface area contributed by atoms with Gasteiger partial charge in [0.1, 0.15) is 0 Å². The summed E-state index contributed by atoms with van der Waals surface area (Å²) in [4.78, 5) is 26.7. The Labute approximate surface area is 122 Å². The van der Waals surface area contributed by atoms with Crippen LogP contribution in [0.15, 0.2) is 12.1 Å². The van der Waals surface area contributed by atoms with Crippen molar-refractivity contribution in [2.24, 2.45) is 0 Å². The molecule has 2 heterocycles. The van der Waals surface area contributed by atoms with E-state index >= 15 is 0 Å². The molecule has 20 heavy (non-hydrogen) atoms. The fraction of sp³-hybridized carbons (Fsp3) is 0.250. The lowest BCUT2D eigenvalue weighted by Gasteiger charge is -1.98. The van der Waals surface area contributed by atoms with E-state index in [0.717, 1.165) is 22.0 Å². The van der Waals surface area contributed by atoms with Crippen LogP contribution in [-0.4, -0.2) is 28.6 Å². The molecule has 0 atom stereocenters. The van der Waals surface area contributed by atoms with Crippen LogP contribution < -0.4 is 14.8 Å². The topological polar surface area (TPSA) is 77.5 Å². The summed E-state index contributed by atoms with van der Waals surface area (Å²) in [5.74, 6) is 1.19. The van der Waals surface area contributed by atoms with Crippen molar-refractivity contribution in [2.45, 2.75) is 6.92 Å². The molecule has 0 aliphatic carbocycles. The molecule has 104 valence electrons. The molecule has 0 saturated carbocycles. The molecule has 1 N–H and O–H groups in total. The van der Waals surface area contributed by atoms with Gasteiger partial charge < -0.3 is 14.8 Å². The van der Waals surface area contributed by atoms with Crippen LogP contribution in [0, 0.1) is 0 Å². The van der Waals surface area contributed by atoms with E-state index in [0.29, 0.717) is 16.6 Å². The summed E-state index contributed by atoms with van der Waals surface area (Å²) in [6, 6.07) is 3.63. The van der Waals surface area contributed by atoms with Gasteiger partial charge in [-0.3, -0.25) is 9.59 Å². The SMILES string of the molecule is CC(=O)SCC(=O)Nc1nc2cc3c(cc2s1)OCO3. The molecule has 0 bridgehead atoms. The van der Waals surface area contributed by atoms with Gasteiger partial charge in [-0.2, -0.15) is 0 Å². The largest absolute Gasteiger partial charge is 0.454 e. The third-order valence-electron chi connectivity index (χ3n) is 2.54. The van der Waals surface area contributed by atoms with Gasteiger partial charge >= 0.3 is 0 Å². The lowest BCUT2D eigenvalue weighted by Crippen LogP contribution is -2.14. The smallest absolute Gasteiger partial charge is 0.236 e. The molecule has 0 saturated heterocycles. The first-order valence-corrected chi connectivity index (χ1v) is 7.55. The summed E-state index contributed by atoms with van der Waals surface area (Å²) in [7, 11) is 0. The third-order valence-corrected chi connectivity index (χ3v) is 4.28. The second-order valence-corrected chi connectivity index (χ2v) is 6.20. The average Bonchev–Trinajstić information content (AvgIpc) is 2.98. The average molecular weight is 310 g/mol. The second kappa shape index (κ2) is 5.29. The number of nitrogens with one attached hydrogen (secondary N) is 1. The molecular weight excluding hydrogens is 300 g/mol. The Kier molecular flexibility index (Phi) is 3.49. The first kappa shape index (κ1) is 13.2. The van der Waals surface area contributed by atoms with Gasteiger partial charge in [0, 0.05) is 19.1 Å². The predicted octanol–water partition coefficient (Wildman–Crippen LogP) is 2.24. The third kappa shape index (κ3) is 2.70. The van der Waals surface area contributed by atoms with Gasteiger partial charge in [0.15, 0.2) is 21.7 Å². The highest BCUT2D eigenvalue weighted by molar-refractivity contribution is 8.14. The predicted molar refractivity (Wildman–Crippen MR) is 77.5 cm³/mol. The molecule has 0 spiro atoms. The summed E-state index contributed by atoms with van der Waals surface area (Å²) in [6.07, 6.45) is 0. The maximum Gasteiger partial charge on any atom is 0.236 e. The van der Waals surface area contributed by atoms with Crippen LogP contribution in [0.1, 0.15) is 6.92 Å². The molecule has 2 aromatic rings. The standard InChI is InChI=1S/C12H10N2O4S2/c1-6(15)19-4-11(16)14-12-13-7-2-8-9(18-5-17-8)3-10(7)20-12/h2-3H,4-5H2,1H3,(H,13,14,16). The van der Waals surface area contributed by atoms with Crippen LogP contribution >= 0.6 is 23.1 Å². The van der Waals surface area contributed by atoms with Crippen molar-refractivity contribution in [3.05, 3.63) is 12.1 Å². The highest BCUT2D eigenvalue weighted by Crippen LogP contribution is 2.38. The first-order chi connectivity index (χ1) is 9.61. The van der Waals surface area contributed by atoms with Crippen LogP contribution in [0.25, 0.3) is 10.2 Å². The van der Waals surface area contributed by atoms with E-state index in [1.807, 2.05) is 6.07 Å². The molecule has 3 rings (SSSR count). The minimum atomic E-state index is -0.246. The van der Waals surface area contributed by atoms with Crippen molar-refractivity contribution < 1.29 is 19.1 Å². The van der Waals surface area contributed by atoms with Gasteiger partial charge in [-0.1, -0.05) is 23.1 Å². The molecule has 0 fully saturated rings. The van der Waals surface area contributed by atoms with Crippen LogP contribution in [0.3, 0.4) is 0 Å². The molecule has 1 aliphatic heterocycles. The Balaban J connectivity index is 1.76. The fourth-order valence-electron chi connectivity index (χ4n) is 1.69. The van der Waals surface area contributed by atoms with Crippen molar-refractivity contribution in [2.75, 3.05) is 17.9 Å². The first-order valence-electron chi connectivity index (χ1n) is 5.75. The van der Waals surface area contributed by atoms with Crippen LogP contribution in [0.5, 0.6) is 11.5 Å². The van der Waals surface area contributed by atoms with Crippen LogP contribution in [0.4, 0.5) is 5.13 Å². The molecule has 1 aliphatic rings. The second-order valence-electron chi connectivity index (χ2n) is 4.02. The minimum absolute atomic E-state index is 0.0878. The molecule has 8 heteroatoms. The number of rotatable bonds is 3. The number of ether oxygens (including phenoxy) is 2. The zero-order valence-corrected chi connectivity index (χ0v) is 12.1. The number of fused-ring (bicyclic) bond motifs is 2. The number of carbonyl (C=O) groups excluding carboxylic acids is 2. The van der Waals surface area contributed by atoms with Crippen molar-refractivity contribution in [3.63, 3.8) is 0 Å². The number of amides is 1. The molecule has 6 nitrogen and oxygen atoms in total. The molecule has 0 unspecified atom stereocenters. The number of hydrogen-bond acceptors (Lipinski definition) is 7. The van der Waals surface area contributed by atoms with Gasteiger partial charge in [0.05, 0.1) is 16.0 Å². The molecule has 1 amide bonds. The van der Waals surface area contributed by atoms with E-state index in [4.69, 9.17) is 9.47 Å². The summed E-state index contributed by atoms with van der Waals surface area (Å²) in [6.45, 7) is 1.65. The highest BCUT2D eigenvalue weighted by atomic mass is 32.2. The van der Waals surface area contributed by atoms with Gasteiger partial charge in [-0.15, -0.1) is 0 Å². The van der Waals surface area contributed by atoms with E-state index in [1.54, 1.807) is 6.07 Å². The summed E-state index contributed by atoms with van der Waals surface area (Å²) in [5, 5.41) is 3.09. The van der Waals surface area contributed by atoms with Crippen molar-refractivity contribution >= 4 is 49.5 Å². The van der Waals surface area contributed by atoms with Crippen molar-refractivity contribution in [3.8, 4) is 11.5 Å². The number of carbonyl (C=O) groups is 2. The zero-order valence-electron chi connectivity index (χ0n) is 10.5. The summed E-state index contributed by atoms with van der Waals surface area (Å²) < 4.78 is 11.5. The quantitative estimate of drug-likeness (QED) is 0.937. The summed E-state index contributed by atoms with van der Waals surface area (Å²) >= 11 is 2.32. The molecular formula is C12H10N2O4S2. The van der Waals surface area contributed by atoms with E-state index in [9.17, 15) is 9.59 Å². The minimum Gasteiger partial charge on any atom is -0.454 e. The monoisotopic (exact) mass is 310 g/mol. The number of benzene rings is 1. The van der Waals surface area contributed by atoms with E-state index < -0.39 is 0 Å². The number of aromatic nitrogens is 1. The highest BCUT2D eigenvalue weighted by Gasteiger charge is 2.17. The zero-order chi connectivity index (χ0) is 14.1. The van der Waals surface area contributed by atoms with E-state index in [-0.39, 0.29) is 23.6 Å². The van der Waals surface area contributed by atoms with Crippen LogP contribution in [0.2, 0.25) is 0 Å². The van der Waals surface area contributed by atoms with E-state index in [1.165, 1.54) is 18.3 Å². The lowest BCUT2D eigenvalue weighted by molar-refractivity contribution is -0.114. The fourth-order valence-corrected chi connectivity index (χ4v) is 2.99. The molecule has 1 aromatic heterocycles. The van der Waals surface area contributed by atoms with Gasteiger partial charge in [-0.05, 0) is 0 Å².